The van der Waals surface area contributed by atoms with Gasteiger partial charge >= 0.3 is 7.12 Å². The predicted molar refractivity (Wildman–Crippen MR) is 75.5 cm³/mol. The van der Waals surface area contributed by atoms with E-state index < -0.39 is 17.0 Å². The molecule has 0 saturated carbocycles. The average Bonchev–Trinajstić information content (AvgIpc) is 2.80. The Morgan fingerprint density at radius 2 is 1.75 bits per heavy atom. The maximum absolute atomic E-state index is 12.5. The minimum Gasteiger partial charge on any atom is -0.423 e. The Hall–Kier alpha value is -1.63. The maximum Gasteiger partial charge on any atom is 0.491 e. The summed E-state index contributed by atoms with van der Waals surface area (Å²) in [7, 11) is -4.61. The van der Waals surface area contributed by atoms with E-state index in [9.17, 15) is 13.4 Å². The van der Waals surface area contributed by atoms with Crippen LogP contribution in [0.15, 0.2) is 52.3 Å². The van der Waals surface area contributed by atoms with Gasteiger partial charge in [0.15, 0.2) is 0 Å². The van der Waals surface area contributed by atoms with Crippen molar-refractivity contribution in [3.05, 3.63) is 53.6 Å². The minimum atomic E-state index is -3.57. The Labute approximate surface area is 118 Å². The molecule has 0 atom stereocenters. The zero-order valence-electron chi connectivity index (χ0n) is 10.9. The molecule has 0 unspecified atom stereocenters. The van der Waals surface area contributed by atoms with Crippen LogP contribution in [-0.2, 0) is 21.1 Å². The largest absolute Gasteiger partial charge is 0.491 e. The van der Waals surface area contributed by atoms with Gasteiger partial charge in [0.05, 0.1) is 16.4 Å². The Bertz CT molecular complexity index is 753. The molecule has 0 aliphatic carbocycles. The number of hydrogen-bond donors (Lipinski definition) is 1. The van der Waals surface area contributed by atoms with Crippen LogP contribution in [0.25, 0.3) is 0 Å². The van der Waals surface area contributed by atoms with Crippen molar-refractivity contribution in [2.45, 2.75) is 23.3 Å². The number of benzene rings is 2. The van der Waals surface area contributed by atoms with Crippen molar-refractivity contribution < 1.29 is 18.1 Å². The van der Waals surface area contributed by atoms with Gasteiger partial charge in [0.2, 0.25) is 9.84 Å². The Morgan fingerprint density at radius 1 is 1.10 bits per heavy atom. The van der Waals surface area contributed by atoms with Crippen molar-refractivity contribution in [3.8, 4) is 0 Å². The summed E-state index contributed by atoms with van der Waals surface area (Å²) in [5.74, 6) is 0. The third-order valence-electron chi connectivity index (χ3n) is 3.42. The van der Waals surface area contributed by atoms with Gasteiger partial charge in [-0.15, -0.1) is 0 Å². The van der Waals surface area contributed by atoms with E-state index in [4.69, 9.17) is 4.65 Å². The van der Waals surface area contributed by atoms with Crippen LogP contribution >= 0.6 is 0 Å². The van der Waals surface area contributed by atoms with Crippen molar-refractivity contribution in [2.75, 3.05) is 0 Å². The Morgan fingerprint density at radius 3 is 2.45 bits per heavy atom. The van der Waals surface area contributed by atoms with Crippen LogP contribution in [0.2, 0.25) is 0 Å². The summed E-state index contributed by atoms with van der Waals surface area (Å²) in [5.41, 5.74) is 2.35. The SMILES string of the molecule is Cc1ccc(S(=O)(=O)c2ccc3c(c2)B(O)OC3)cc1. The molecule has 0 aromatic heterocycles. The lowest BCUT2D eigenvalue weighted by molar-refractivity contribution is 0.275. The molecule has 2 aromatic carbocycles. The average molecular weight is 288 g/mol. The van der Waals surface area contributed by atoms with Gasteiger partial charge in [-0.3, -0.25) is 0 Å². The second kappa shape index (κ2) is 4.73. The van der Waals surface area contributed by atoms with E-state index in [0.717, 1.165) is 11.1 Å². The molecule has 1 heterocycles. The van der Waals surface area contributed by atoms with E-state index >= 15 is 0 Å². The van der Waals surface area contributed by atoms with E-state index in [1.54, 1.807) is 36.4 Å². The highest BCUT2D eigenvalue weighted by Gasteiger charge is 2.29. The number of aryl methyl sites for hydroxylation is 1. The minimum absolute atomic E-state index is 0.171. The van der Waals surface area contributed by atoms with Gasteiger partial charge in [-0.1, -0.05) is 23.8 Å². The van der Waals surface area contributed by atoms with Crippen molar-refractivity contribution in [3.63, 3.8) is 0 Å². The first-order valence-corrected chi connectivity index (χ1v) is 7.71. The molecule has 102 valence electrons. The van der Waals surface area contributed by atoms with Gasteiger partial charge in [0.1, 0.15) is 0 Å². The van der Waals surface area contributed by atoms with E-state index in [0.29, 0.717) is 12.1 Å². The molecule has 0 spiro atoms. The molecule has 0 saturated heterocycles. The third kappa shape index (κ3) is 2.16. The second-order valence-corrected chi connectivity index (χ2v) is 6.79. The predicted octanol–water partition coefficient (Wildman–Crippen LogP) is 1.05. The lowest BCUT2D eigenvalue weighted by Gasteiger charge is -2.07. The fourth-order valence-electron chi connectivity index (χ4n) is 2.21. The molecule has 1 aliphatic rings. The molecule has 3 rings (SSSR count). The summed E-state index contributed by atoms with van der Waals surface area (Å²) in [5, 5.41) is 9.66. The maximum atomic E-state index is 12.5. The molecule has 0 bridgehead atoms. The fourth-order valence-corrected chi connectivity index (χ4v) is 3.51. The lowest BCUT2D eigenvalue weighted by Crippen LogP contribution is -2.28. The highest BCUT2D eigenvalue weighted by atomic mass is 32.2. The summed E-state index contributed by atoms with van der Waals surface area (Å²) < 4.78 is 30.1. The monoisotopic (exact) mass is 288 g/mol. The smallest absolute Gasteiger partial charge is 0.423 e. The summed E-state index contributed by atoms with van der Waals surface area (Å²) in [6.45, 7) is 2.21. The van der Waals surface area contributed by atoms with Crippen LogP contribution in [0.1, 0.15) is 11.1 Å². The quantitative estimate of drug-likeness (QED) is 0.839. The van der Waals surface area contributed by atoms with E-state index in [-0.39, 0.29) is 9.79 Å². The highest BCUT2D eigenvalue weighted by Crippen LogP contribution is 2.22. The van der Waals surface area contributed by atoms with E-state index in [1.807, 2.05) is 6.92 Å². The van der Waals surface area contributed by atoms with Crippen LogP contribution in [0.3, 0.4) is 0 Å². The second-order valence-electron chi connectivity index (χ2n) is 4.84. The van der Waals surface area contributed by atoms with Crippen LogP contribution in [0, 0.1) is 6.92 Å². The van der Waals surface area contributed by atoms with Crippen molar-refractivity contribution in [1.82, 2.24) is 0 Å². The molecule has 0 radical (unpaired) electrons. The van der Waals surface area contributed by atoms with Crippen molar-refractivity contribution in [2.24, 2.45) is 0 Å². The van der Waals surface area contributed by atoms with E-state index in [2.05, 4.69) is 0 Å². The van der Waals surface area contributed by atoms with Gasteiger partial charge in [0.25, 0.3) is 0 Å². The first-order valence-electron chi connectivity index (χ1n) is 6.23. The van der Waals surface area contributed by atoms with Crippen LogP contribution in [-0.4, -0.2) is 20.6 Å². The zero-order chi connectivity index (χ0) is 14.3. The normalized spacial score (nSPS) is 14.4. The molecule has 2 aromatic rings. The third-order valence-corrected chi connectivity index (χ3v) is 5.19. The fraction of sp³-hybridized carbons (Fsp3) is 0.143. The molecule has 6 heteroatoms. The van der Waals surface area contributed by atoms with Gasteiger partial charge in [-0.25, -0.2) is 8.42 Å². The molecular weight excluding hydrogens is 275 g/mol. The molecule has 0 fully saturated rings. The van der Waals surface area contributed by atoms with Crippen LogP contribution < -0.4 is 5.46 Å². The summed E-state index contributed by atoms with van der Waals surface area (Å²) in [6.07, 6.45) is 0. The molecular formula is C14H13BO4S. The molecule has 0 amide bonds. The van der Waals surface area contributed by atoms with Crippen LogP contribution in [0.5, 0.6) is 0 Å². The summed E-state index contributed by atoms with van der Waals surface area (Å²) in [6, 6.07) is 11.4. The number of rotatable bonds is 2. The standard InChI is InChI=1S/C14H13BO4S/c1-10-2-5-12(6-3-10)20(17,18)13-7-4-11-9-19-15(16)14(11)8-13/h2-8,16H,9H2,1H3. The Kier molecular flexibility index (Phi) is 3.16. The molecule has 20 heavy (non-hydrogen) atoms. The number of hydrogen-bond acceptors (Lipinski definition) is 4. The molecule has 1 aliphatic heterocycles. The van der Waals surface area contributed by atoms with Crippen molar-refractivity contribution >= 4 is 22.4 Å². The number of fused-ring (bicyclic) bond motifs is 1. The van der Waals surface area contributed by atoms with Gasteiger partial charge < -0.3 is 9.68 Å². The van der Waals surface area contributed by atoms with Gasteiger partial charge in [-0.2, -0.15) is 0 Å². The highest BCUT2D eigenvalue weighted by molar-refractivity contribution is 7.91. The molecule has 1 N–H and O–H groups in total. The topological polar surface area (TPSA) is 63.6 Å². The lowest BCUT2D eigenvalue weighted by atomic mass is 9.80. The van der Waals surface area contributed by atoms with Gasteiger partial charge in [-0.05, 0) is 42.2 Å². The van der Waals surface area contributed by atoms with Gasteiger partial charge in [0, 0.05) is 0 Å². The van der Waals surface area contributed by atoms with E-state index in [1.165, 1.54) is 6.07 Å². The molecule has 4 nitrogen and oxygen atoms in total. The Balaban J connectivity index is 2.08. The first-order chi connectivity index (χ1) is 9.48. The summed E-state index contributed by atoms with van der Waals surface area (Å²) in [4.78, 5) is 0.418. The number of sulfone groups is 1. The van der Waals surface area contributed by atoms with Crippen LogP contribution in [0.4, 0.5) is 0 Å². The first kappa shape index (κ1) is 13.4. The van der Waals surface area contributed by atoms with Crippen molar-refractivity contribution in [1.29, 1.82) is 0 Å². The zero-order valence-corrected chi connectivity index (χ0v) is 11.7. The summed E-state index contributed by atoms with van der Waals surface area (Å²) >= 11 is 0.